The fourth-order valence-electron chi connectivity index (χ4n) is 7.21. The molecule has 1 N–H and O–H groups in total. The van der Waals surface area contributed by atoms with Gasteiger partial charge in [0.15, 0.2) is 0 Å². The minimum absolute atomic E-state index is 0.0381. The van der Waals surface area contributed by atoms with Gasteiger partial charge in [0.1, 0.15) is 6.10 Å². The number of ether oxygens (including phenoxy) is 1. The van der Waals surface area contributed by atoms with Crippen molar-refractivity contribution in [3.63, 3.8) is 0 Å². The molecule has 3 aromatic carbocycles. The molecule has 7 rings (SSSR count). The van der Waals surface area contributed by atoms with Gasteiger partial charge in [0.05, 0.1) is 40.0 Å². The molecule has 0 saturated carbocycles. The summed E-state index contributed by atoms with van der Waals surface area (Å²) in [6.45, 7) is 1.68. The maximum Gasteiger partial charge on any atom is 0.416 e. The number of hydrogen-bond donors (Lipinski definition) is 1. The Morgan fingerprint density at radius 3 is 2.04 bits per heavy atom. The van der Waals surface area contributed by atoms with Crippen LogP contribution in [0.3, 0.4) is 0 Å². The first-order chi connectivity index (χ1) is 22.8. The van der Waals surface area contributed by atoms with Crippen molar-refractivity contribution in [3.8, 4) is 22.3 Å². The number of halogens is 9. The van der Waals surface area contributed by atoms with E-state index < -0.39 is 77.0 Å². The number of aromatic carboxylic acids is 1. The normalized spacial score (nSPS) is 21.5. The van der Waals surface area contributed by atoms with Gasteiger partial charge in [-0.15, -0.1) is 0 Å². The fourth-order valence-corrected chi connectivity index (χ4v) is 7.21. The molecule has 254 valence electrons. The predicted molar refractivity (Wildman–Crippen MR) is 153 cm³/mol. The molecule has 0 bridgehead atoms. The molecule has 49 heavy (non-hydrogen) atoms. The van der Waals surface area contributed by atoms with Crippen molar-refractivity contribution in [1.29, 1.82) is 0 Å². The van der Waals surface area contributed by atoms with Gasteiger partial charge in [-0.2, -0.15) is 39.5 Å². The summed E-state index contributed by atoms with van der Waals surface area (Å²) < 4.78 is 129. The zero-order chi connectivity index (χ0) is 35.4. The summed E-state index contributed by atoms with van der Waals surface area (Å²) in [6.07, 6.45) is -16.4. The van der Waals surface area contributed by atoms with Crippen molar-refractivity contribution in [3.05, 3.63) is 111 Å². The summed E-state index contributed by atoms with van der Waals surface area (Å²) in [5, 5.41) is 9.35. The topological polar surface area (TPSA) is 79.7 Å². The van der Waals surface area contributed by atoms with E-state index in [1.165, 1.54) is 24.4 Å². The minimum atomic E-state index is -5.16. The van der Waals surface area contributed by atoms with E-state index in [1.54, 1.807) is 19.1 Å². The molecule has 0 spiro atoms. The van der Waals surface area contributed by atoms with Crippen LogP contribution in [-0.2, 0) is 23.3 Å². The molecule has 1 aromatic heterocycles. The van der Waals surface area contributed by atoms with Gasteiger partial charge < -0.3 is 9.84 Å². The number of aryl methyl sites for hydroxylation is 1. The van der Waals surface area contributed by atoms with E-state index in [4.69, 9.17) is 4.74 Å². The molecule has 1 amide bonds. The number of cyclic esters (lactones) is 1. The van der Waals surface area contributed by atoms with Gasteiger partial charge in [0.2, 0.25) is 0 Å². The molecular weight excluding hydrogens is 671 g/mol. The van der Waals surface area contributed by atoms with Crippen molar-refractivity contribution in [2.45, 2.75) is 56.0 Å². The number of pyridine rings is 1. The van der Waals surface area contributed by atoms with Crippen LogP contribution in [-0.4, -0.2) is 33.1 Å². The summed E-state index contributed by atoms with van der Waals surface area (Å²) in [5.74, 6) is -1.94. The molecule has 4 atom stereocenters. The quantitative estimate of drug-likeness (QED) is 0.217. The van der Waals surface area contributed by atoms with Gasteiger partial charge in [-0.05, 0) is 89.7 Å². The van der Waals surface area contributed by atoms with Crippen LogP contribution >= 0.6 is 0 Å². The number of alkyl halides is 9. The van der Waals surface area contributed by atoms with Gasteiger partial charge in [-0.3, -0.25) is 9.88 Å². The summed E-state index contributed by atoms with van der Waals surface area (Å²) in [4.78, 5) is 30.6. The number of benzene rings is 3. The van der Waals surface area contributed by atoms with Crippen LogP contribution < -0.4 is 0 Å². The smallest absolute Gasteiger partial charge is 0.416 e. The third kappa shape index (κ3) is 5.35. The highest BCUT2D eigenvalue weighted by Crippen LogP contribution is 2.60. The van der Waals surface area contributed by atoms with Crippen LogP contribution in [0.2, 0.25) is 0 Å². The number of carbonyl (C=O) groups is 2. The van der Waals surface area contributed by atoms with Gasteiger partial charge in [0, 0.05) is 23.2 Å². The molecule has 6 nitrogen and oxygen atoms in total. The van der Waals surface area contributed by atoms with Crippen molar-refractivity contribution in [2.24, 2.45) is 0 Å². The van der Waals surface area contributed by atoms with Crippen LogP contribution in [0.15, 0.2) is 66.9 Å². The SMILES string of the molecule is Cc1cc(C(=O)O)ccc1-c1cnc2c(c1)-c1ccc(C(F)(F)F)cc1[C@@H]1C2C[C@H]2[C@@H](c3cc(C(F)(F)F)cc(C(F)(F)F)c3)OC(=O)N12. The lowest BCUT2D eigenvalue weighted by atomic mass is 9.76. The van der Waals surface area contributed by atoms with E-state index in [-0.39, 0.29) is 29.2 Å². The highest BCUT2D eigenvalue weighted by atomic mass is 19.4. The number of nitrogens with zero attached hydrogens (tertiary/aromatic N) is 2. The third-order valence-electron chi connectivity index (χ3n) is 9.30. The summed E-state index contributed by atoms with van der Waals surface area (Å²) in [6, 6.07) is 7.69. The Balaban J connectivity index is 1.37. The minimum Gasteiger partial charge on any atom is -0.478 e. The average Bonchev–Trinajstić information content (AvgIpc) is 3.57. The van der Waals surface area contributed by atoms with Gasteiger partial charge in [-0.25, -0.2) is 9.59 Å². The summed E-state index contributed by atoms with van der Waals surface area (Å²) in [5.41, 5.74) is -1.96. The van der Waals surface area contributed by atoms with Crippen LogP contribution in [0, 0.1) is 6.92 Å². The van der Waals surface area contributed by atoms with Gasteiger partial charge in [-0.1, -0.05) is 12.1 Å². The average molecular weight is 693 g/mol. The largest absolute Gasteiger partial charge is 0.478 e. The van der Waals surface area contributed by atoms with Crippen LogP contribution in [0.4, 0.5) is 44.3 Å². The van der Waals surface area contributed by atoms with E-state index in [2.05, 4.69) is 4.98 Å². The lowest BCUT2D eigenvalue weighted by Gasteiger charge is -2.34. The molecule has 0 radical (unpaired) electrons. The Morgan fingerprint density at radius 2 is 1.45 bits per heavy atom. The van der Waals surface area contributed by atoms with Gasteiger partial charge in [0.25, 0.3) is 0 Å². The maximum atomic E-state index is 14.0. The van der Waals surface area contributed by atoms with E-state index in [9.17, 15) is 54.2 Å². The number of hydrogen-bond acceptors (Lipinski definition) is 4. The van der Waals surface area contributed by atoms with Crippen LogP contribution in [0.1, 0.15) is 73.9 Å². The fraction of sp³-hybridized carbons (Fsp3) is 0.265. The zero-order valence-electron chi connectivity index (χ0n) is 24.8. The molecule has 3 heterocycles. The van der Waals surface area contributed by atoms with Crippen LogP contribution in [0.5, 0.6) is 0 Å². The number of carboxylic acid groups (broad SMARTS) is 1. The molecule has 2 saturated heterocycles. The Kier molecular flexibility index (Phi) is 7.10. The molecule has 2 fully saturated rings. The first-order valence-corrected chi connectivity index (χ1v) is 14.7. The Morgan fingerprint density at radius 1 is 0.816 bits per heavy atom. The highest BCUT2D eigenvalue weighted by molar-refractivity contribution is 5.89. The van der Waals surface area contributed by atoms with Crippen molar-refractivity contribution < 1.29 is 58.9 Å². The van der Waals surface area contributed by atoms with Crippen molar-refractivity contribution in [2.75, 3.05) is 0 Å². The molecule has 3 aliphatic rings. The summed E-state index contributed by atoms with van der Waals surface area (Å²) in [7, 11) is 0. The molecule has 2 aliphatic heterocycles. The van der Waals surface area contributed by atoms with Crippen LogP contribution in [0.25, 0.3) is 22.3 Å². The number of amides is 1. The van der Waals surface area contributed by atoms with Gasteiger partial charge >= 0.3 is 30.6 Å². The van der Waals surface area contributed by atoms with E-state index in [1.807, 2.05) is 0 Å². The van der Waals surface area contributed by atoms with E-state index >= 15 is 0 Å². The third-order valence-corrected chi connectivity index (χ3v) is 9.30. The highest BCUT2D eigenvalue weighted by Gasteiger charge is 2.58. The monoisotopic (exact) mass is 692 g/mol. The Bertz CT molecular complexity index is 2020. The van der Waals surface area contributed by atoms with E-state index in [0.717, 1.165) is 17.0 Å². The maximum absolute atomic E-state index is 14.0. The number of aromatic nitrogens is 1. The zero-order valence-corrected chi connectivity index (χ0v) is 24.8. The lowest BCUT2D eigenvalue weighted by molar-refractivity contribution is -0.143. The molecule has 4 aromatic rings. The first kappa shape index (κ1) is 32.5. The number of fused-ring (bicyclic) bond motifs is 8. The lowest BCUT2D eigenvalue weighted by Crippen LogP contribution is -2.33. The van der Waals surface area contributed by atoms with E-state index in [0.29, 0.717) is 40.1 Å². The standard InChI is InChI=1S/C34H21F9N2O4/c1-14-6-15(30(46)47)2-4-21(14)17-9-23-22-5-3-18(32(35,36)37)11-24(22)28-25(27(23)44-13-17)12-26-29(49-31(48)45(26)28)16-7-19(33(38,39)40)10-20(8-16)34(41,42)43/h2-11,13,25-26,28-29H,12H2,1H3,(H,46,47)/t25?,26-,28+,29+/m0/s1. The first-order valence-electron chi connectivity index (χ1n) is 14.7. The molecule has 1 unspecified atom stereocenters. The Hall–Kier alpha value is -5.08. The molecule has 15 heteroatoms. The van der Waals surface area contributed by atoms with Crippen molar-refractivity contribution >= 4 is 12.1 Å². The van der Waals surface area contributed by atoms with Crippen molar-refractivity contribution in [1.82, 2.24) is 9.88 Å². The second kappa shape index (κ2) is 10.7. The Labute approximate surface area is 270 Å². The molecular formula is C34H21F9N2O4. The predicted octanol–water partition coefficient (Wildman–Crippen LogP) is 9.58. The second-order valence-electron chi connectivity index (χ2n) is 12.2. The summed E-state index contributed by atoms with van der Waals surface area (Å²) >= 11 is 0. The number of rotatable bonds is 3. The number of carbonyl (C=O) groups excluding carboxylic acids is 1. The number of carboxylic acids is 1. The second-order valence-corrected chi connectivity index (χ2v) is 12.2. The molecule has 1 aliphatic carbocycles.